The van der Waals surface area contributed by atoms with Crippen LogP contribution < -0.4 is 0 Å². The zero-order valence-corrected chi connectivity index (χ0v) is 5.93. The van der Waals surface area contributed by atoms with Gasteiger partial charge in [0.1, 0.15) is 0 Å². The molecule has 0 aromatic carbocycles. The molecule has 33 valence electrons. The van der Waals surface area contributed by atoms with E-state index in [1.807, 2.05) is 0 Å². The van der Waals surface area contributed by atoms with Gasteiger partial charge in [0.2, 0.25) is 0 Å². The van der Waals surface area contributed by atoms with Gasteiger partial charge in [-0.2, -0.15) is 0 Å². The summed E-state index contributed by atoms with van der Waals surface area (Å²) in [5, 5.41) is 13.9. The van der Waals surface area contributed by atoms with Gasteiger partial charge in [-0.25, -0.2) is 4.79 Å². The molecule has 0 amide bonds. The molecular weight excluding hydrogens is 111 g/mol. The van der Waals surface area contributed by atoms with Crippen molar-refractivity contribution < 1.29 is 15.0 Å². The van der Waals surface area contributed by atoms with E-state index in [2.05, 4.69) is 0 Å². The summed E-state index contributed by atoms with van der Waals surface area (Å²) in [7, 11) is 0. The molecule has 0 aromatic heterocycles. The van der Waals surface area contributed by atoms with Crippen LogP contribution in [0.4, 0.5) is 4.79 Å². The van der Waals surface area contributed by atoms with Crippen LogP contribution in [-0.4, -0.2) is 67.8 Å². The Morgan fingerprint density at radius 1 is 1.33 bits per heavy atom. The van der Waals surface area contributed by atoms with E-state index in [0.717, 1.165) is 0 Å². The molecule has 0 heterocycles. The van der Waals surface area contributed by atoms with E-state index in [0.29, 0.717) is 0 Å². The van der Waals surface area contributed by atoms with Crippen LogP contribution in [0, 0.1) is 0 Å². The number of carboxylic acid groups (broad SMARTS) is 2. The van der Waals surface area contributed by atoms with Gasteiger partial charge >= 0.3 is 6.16 Å². The molecule has 6 heavy (non-hydrogen) atoms. The van der Waals surface area contributed by atoms with Gasteiger partial charge in [-0.1, -0.05) is 7.43 Å². The van der Waals surface area contributed by atoms with Crippen molar-refractivity contribution in [2.24, 2.45) is 0 Å². The molecule has 0 fully saturated rings. The summed E-state index contributed by atoms with van der Waals surface area (Å²) in [6.45, 7) is 0. The maximum absolute atomic E-state index is 8.56. The topological polar surface area (TPSA) is 57.5 Å². The largest absolute Gasteiger partial charge is 0.503 e. The Kier molecular flexibility index (Phi) is 24.5. The van der Waals surface area contributed by atoms with Crippen LogP contribution in [0.2, 0.25) is 0 Å². The van der Waals surface area contributed by atoms with Crippen LogP contribution in [-0.2, 0) is 0 Å². The molecule has 0 saturated heterocycles. The Labute approximate surface area is 78.8 Å². The van der Waals surface area contributed by atoms with Crippen molar-refractivity contribution in [2.45, 2.75) is 7.43 Å². The molecule has 0 bridgehead atoms. The van der Waals surface area contributed by atoms with Gasteiger partial charge in [-0.05, 0) is 0 Å². The van der Waals surface area contributed by atoms with E-state index in [1.54, 1.807) is 0 Å². The summed E-state index contributed by atoms with van der Waals surface area (Å²) in [6, 6.07) is 0. The average Bonchev–Trinajstić information content (AvgIpc) is 0.811. The van der Waals surface area contributed by atoms with Crippen molar-refractivity contribution in [3.8, 4) is 0 Å². The number of carbonyl (C=O) groups is 1. The first kappa shape index (κ1) is 15.8. The molecule has 0 atom stereocenters. The molecule has 0 aromatic rings. The minimum absolute atomic E-state index is 0. The van der Waals surface area contributed by atoms with Gasteiger partial charge < -0.3 is 10.2 Å². The zero-order chi connectivity index (χ0) is 3.58. The van der Waals surface area contributed by atoms with E-state index in [1.165, 1.54) is 0 Å². The fourth-order valence-electron chi connectivity index (χ4n) is 0. The monoisotopic (exact) mass is 117 g/mol. The number of rotatable bonds is 0. The number of hydrogen-bond donors (Lipinski definition) is 2. The molecule has 2 N–H and O–H groups in total. The van der Waals surface area contributed by atoms with Crippen LogP contribution in [0.3, 0.4) is 0 Å². The molecule has 0 saturated carbocycles. The standard InChI is InChI=1S/CH2O3.CH4.K/c2-1(3)4;;/h(H2,2,3,4);1H4;. The molecule has 0 aliphatic rings. The van der Waals surface area contributed by atoms with Crippen LogP contribution >= 0.6 is 0 Å². The summed E-state index contributed by atoms with van der Waals surface area (Å²) < 4.78 is 0. The van der Waals surface area contributed by atoms with Crippen molar-refractivity contribution >= 4 is 57.5 Å². The van der Waals surface area contributed by atoms with Crippen LogP contribution in [0.1, 0.15) is 7.43 Å². The predicted octanol–water partition coefficient (Wildman–Crippen LogP) is 0.478. The molecule has 0 aliphatic heterocycles. The number of hydrogen-bond acceptors (Lipinski definition) is 1. The van der Waals surface area contributed by atoms with Crippen LogP contribution in [0.15, 0.2) is 0 Å². The Morgan fingerprint density at radius 2 is 1.33 bits per heavy atom. The minimum atomic E-state index is -1.83. The second-order valence-electron chi connectivity index (χ2n) is 0.283. The summed E-state index contributed by atoms with van der Waals surface area (Å²) in [6.07, 6.45) is -1.83. The fourth-order valence-corrected chi connectivity index (χ4v) is 0. The fraction of sp³-hybridized carbons (Fsp3) is 0.500. The Balaban J connectivity index is -0.0000000450. The molecular formula is C2H6KO3. The van der Waals surface area contributed by atoms with Crippen molar-refractivity contribution in [1.82, 2.24) is 0 Å². The van der Waals surface area contributed by atoms with E-state index in [9.17, 15) is 0 Å². The average molecular weight is 117 g/mol. The Hall–Kier alpha value is 0.906. The zero-order valence-electron chi connectivity index (χ0n) is 2.80. The smallest absolute Gasteiger partial charge is 0.450 e. The molecule has 0 rings (SSSR count). The van der Waals surface area contributed by atoms with Crippen LogP contribution in [0.5, 0.6) is 0 Å². The molecule has 1 radical (unpaired) electrons. The van der Waals surface area contributed by atoms with Gasteiger partial charge in [-0.3, -0.25) is 0 Å². The third-order valence-corrected chi connectivity index (χ3v) is 0. The predicted molar refractivity (Wildman–Crippen MR) is 23.1 cm³/mol. The van der Waals surface area contributed by atoms with Crippen molar-refractivity contribution in [3.63, 3.8) is 0 Å². The van der Waals surface area contributed by atoms with E-state index >= 15 is 0 Å². The second kappa shape index (κ2) is 9.32. The Morgan fingerprint density at radius 3 is 1.33 bits per heavy atom. The Bertz CT molecular complexity index is 31.8. The summed E-state index contributed by atoms with van der Waals surface area (Å²) in [4.78, 5) is 8.56. The van der Waals surface area contributed by atoms with Crippen molar-refractivity contribution in [3.05, 3.63) is 0 Å². The first-order valence-corrected chi connectivity index (χ1v) is 0.651. The first-order valence-electron chi connectivity index (χ1n) is 0.651. The summed E-state index contributed by atoms with van der Waals surface area (Å²) >= 11 is 0. The molecule has 0 unspecified atom stereocenters. The first-order chi connectivity index (χ1) is 1.73. The van der Waals surface area contributed by atoms with Crippen molar-refractivity contribution in [2.75, 3.05) is 0 Å². The van der Waals surface area contributed by atoms with Gasteiger partial charge in [0.25, 0.3) is 0 Å². The van der Waals surface area contributed by atoms with Crippen LogP contribution in [0.25, 0.3) is 0 Å². The molecule has 4 heteroatoms. The summed E-state index contributed by atoms with van der Waals surface area (Å²) in [5.74, 6) is 0. The van der Waals surface area contributed by atoms with Gasteiger partial charge in [0.15, 0.2) is 0 Å². The normalized spacial score (nSPS) is 4.00. The van der Waals surface area contributed by atoms with E-state index in [4.69, 9.17) is 15.0 Å². The summed E-state index contributed by atoms with van der Waals surface area (Å²) in [5.41, 5.74) is 0. The van der Waals surface area contributed by atoms with Gasteiger partial charge in [0, 0.05) is 51.4 Å². The molecule has 0 aliphatic carbocycles. The second-order valence-corrected chi connectivity index (χ2v) is 0.283. The third-order valence-electron chi connectivity index (χ3n) is 0. The van der Waals surface area contributed by atoms with E-state index in [-0.39, 0.29) is 58.8 Å². The van der Waals surface area contributed by atoms with Crippen molar-refractivity contribution in [1.29, 1.82) is 0 Å². The quantitative estimate of drug-likeness (QED) is 0.454. The maximum Gasteiger partial charge on any atom is 0.503 e. The SMILES string of the molecule is C.O=C(O)O.[K]. The third kappa shape index (κ3) is 91.1. The van der Waals surface area contributed by atoms with Gasteiger partial charge in [0.05, 0.1) is 0 Å². The minimum Gasteiger partial charge on any atom is -0.450 e. The maximum atomic E-state index is 8.56. The molecule has 3 nitrogen and oxygen atoms in total. The van der Waals surface area contributed by atoms with Gasteiger partial charge in [-0.15, -0.1) is 0 Å². The molecule has 0 spiro atoms. The van der Waals surface area contributed by atoms with E-state index < -0.39 is 6.16 Å².